The van der Waals surface area contributed by atoms with E-state index in [0.29, 0.717) is 0 Å². The van der Waals surface area contributed by atoms with E-state index in [-0.39, 0.29) is 12.1 Å². The smallest absolute Gasteiger partial charge is 0.314 e. The summed E-state index contributed by atoms with van der Waals surface area (Å²) in [5, 5.41) is 10.3. The molecule has 6 heteroatoms. The Labute approximate surface area is 70.1 Å². The van der Waals surface area contributed by atoms with E-state index in [1.165, 1.54) is 0 Å². The Hall–Kier alpha value is -1.46. The van der Waals surface area contributed by atoms with Gasteiger partial charge in [-0.2, -0.15) is 0 Å². The fraction of sp³-hybridized carbons (Fsp3) is 0.667. The molecule has 2 saturated heterocycles. The first-order chi connectivity index (χ1) is 5.79. The highest BCUT2D eigenvalue weighted by Gasteiger charge is 2.03. The van der Waals surface area contributed by atoms with Crippen molar-refractivity contribution in [2.75, 3.05) is 26.2 Å². The van der Waals surface area contributed by atoms with Crippen molar-refractivity contribution in [3.63, 3.8) is 0 Å². The van der Waals surface area contributed by atoms with E-state index in [0.717, 1.165) is 26.2 Å². The van der Waals surface area contributed by atoms with Crippen molar-refractivity contribution < 1.29 is 9.59 Å². The Morgan fingerprint density at radius 1 is 0.667 bits per heavy atom. The number of carbonyl (C=O) groups excluding carboxylic acids is 2. The van der Waals surface area contributed by atoms with E-state index in [1.54, 1.807) is 0 Å². The van der Waals surface area contributed by atoms with Crippen LogP contribution in [0.15, 0.2) is 0 Å². The van der Waals surface area contributed by atoms with Crippen LogP contribution in [-0.2, 0) is 0 Å². The lowest BCUT2D eigenvalue weighted by Gasteiger charge is -1.80. The summed E-state index contributed by atoms with van der Waals surface area (Å²) < 4.78 is 0. The predicted molar refractivity (Wildman–Crippen MR) is 42.8 cm³/mol. The topological polar surface area (TPSA) is 82.3 Å². The first kappa shape index (κ1) is 8.63. The molecule has 2 fully saturated rings. The maximum Gasteiger partial charge on any atom is 0.314 e. The number of hydrogen-bond donors (Lipinski definition) is 4. The minimum absolute atomic E-state index is 0.0463. The van der Waals surface area contributed by atoms with Crippen LogP contribution in [0.25, 0.3) is 0 Å². The first-order valence-electron chi connectivity index (χ1n) is 3.82. The predicted octanol–water partition coefficient (Wildman–Crippen LogP) is -1.40. The number of carbonyl (C=O) groups is 2. The molecule has 0 unspecified atom stereocenters. The SMILES string of the molecule is O=C1NCCN1.O=C1NCCN1. The van der Waals surface area contributed by atoms with Crippen LogP contribution in [0.5, 0.6) is 0 Å². The van der Waals surface area contributed by atoms with Crippen molar-refractivity contribution >= 4 is 12.1 Å². The molecular formula is C6H12N4O2. The molecule has 0 spiro atoms. The van der Waals surface area contributed by atoms with E-state index in [1.807, 2.05) is 0 Å². The average molecular weight is 172 g/mol. The van der Waals surface area contributed by atoms with Crippen molar-refractivity contribution in [1.82, 2.24) is 21.3 Å². The molecule has 0 atom stereocenters. The van der Waals surface area contributed by atoms with Crippen LogP contribution in [0.3, 0.4) is 0 Å². The lowest BCUT2D eigenvalue weighted by molar-refractivity contribution is 0.247. The lowest BCUT2D eigenvalue weighted by Crippen LogP contribution is -2.20. The lowest BCUT2D eigenvalue weighted by atomic mass is 10.7. The van der Waals surface area contributed by atoms with Crippen molar-refractivity contribution in [2.24, 2.45) is 0 Å². The summed E-state index contributed by atoms with van der Waals surface area (Å²) in [6.07, 6.45) is 0. The number of nitrogens with one attached hydrogen (secondary N) is 4. The van der Waals surface area contributed by atoms with Gasteiger partial charge in [-0.1, -0.05) is 0 Å². The van der Waals surface area contributed by atoms with Crippen LogP contribution in [0.1, 0.15) is 0 Å². The molecule has 0 aromatic rings. The summed E-state index contributed by atoms with van der Waals surface area (Å²) in [5.41, 5.74) is 0. The number of amides is 4. The second-order valence-electron chi connectivity index (χ2n) is 2.37. The molecule has 0 saturated carbocycles. The molecule has 0 aliphatic carbocycles. The molecule has 6 nitrogen and oxygen atoms in total. The fourth-order valence-corrected chi connectivity index (χ4v) is 0.829. The van der Waals surface area contributed by atoms with Gasteiger partial charge in [0.15, 0.2) is 0 Å². The molecular weight excluding hydrogens is 160 g/mol. The molecule has 0 radical (unpaired) electrons. The highest BCUT2D eigenvalue weighted by atomic mass is 16.2. The highest BCUT2D eigenvalue weighted by molar-refractivity contribution is 5.75. The Balaban J connectivity index is 0.000000120. The van der Waals surface area contributed by atoms with Crippen LogP contribution in [0.4, 0.5) is 9.59 Å². The molecule has 2 rings (SSSR count). The van der Waals surface area contributed by atoms with Gasteiger partial charge in [0, 0.05) is 26.2 Å². The summed E-state index contributed by atoms with van der Waals surface area (Å²) in [6, 6.07) is -0.0926. The molecule has 0 bridgehead atoms. The minimum Gasteiger partial charge on any atom is -0.336 e. The molecule has 4 amide bonds. The van der Waals surface area contributed by atoms with Crippen LogP contribution >= 0.6 is 0 Å². The van der Waals surface area contributed by atoms with Crippen molar-refractivity contribution in [1.29, 1.82) is 0 Å². The molecule has 68 valence electrons. The third-order valence-corrected chi connectivity index (χ3v) is 1.39. The van der Waals surface area contributed by atoms with Crippen LogP contribution < -0.4 is 21.3 Å². The second kappa shape index (κ2) is 4.42. The normalized spacial score (nSPS) is 19.7. The number of hydrogen-bond acceptors (Lipinski definition) is 2. The van der Waals surface area contributed by atoms with Gasteiger partial charge in [0.1, 0.15) is 0 Å². The maximum atomic E-state index is 10.0. The van der Waals surface area contributed by atoms with Gasteiger partial charge in [-0.3, -0.25) is 0 Å². The van der Waals surface area contributed by atoms with Crippen LogP contribution in [0.2, 0.25) is 0 Å². The quantitative estimate of drug-likeness (QED) is 0.362. The summed E-state index contributed by atoms with van der Waals surface area (Å²) in [6.45, 7) is 3.11. The average Bonchev–Trinajstić information content (AvgIpc) is 2.63. The number of rotatable bonds is 0. The summed E-state index contributed by atoms with van der Waals surface area (Å²) >= 11 is 0. The van der Waals surface area contributed by atoms with Gasteiger partial charge in [-0.25, -0.2) is 9.59 Å². The van der Waals surface area contributed by atoms with Crippen LogP contribution in [-0.4, -0.2) is 38.2 Å². The summed E-state index contributed by atoms with van der Waals surface area (Å²) in [7, 11) is 0. The first-order valence-corrected chi connectivity index (χ1v) is 3.82. The summed E-state index contributed by atoms with van der Waals surface area (Å²) in [4.78, 5) is 20.0. The van der Waals surface area contributed by atoms with E-state index < -0.39 is 0 Å². The molecule has 0 aromatic heterocycles. The van der Waals surface area contributed by atoms with E-state index >= 15 is 0 Å². The standard InChI is InChI=1S/2C3H6N2O/c2*6-3-4-1-2-5-3/h2*1-2H2,(H2,4,5,6). The maximum absolute atomic E-state index is 10.0. The minimum atomic E-state index is -0.0463. The largest absolute Gasteiger partial charge is 0.336 e. The summed E-state index contributed by atoms with van der Waals surface area (Å²) in [5.74, 6) is 0. The van der Waals surface area contributed by atoms with Crippen molar-refractivity contribution in [3.8, 4) is 0 Å². The number of urea groups is 2. The van der Waals surface area contributed by atoms with Crippen molar-refractivity contribution in [2.45, 2.75) is 0 Å². The van der Waals surface area contributed by atoms with E-state index in [2.05, 4.69) is 21.3 Å². The van der Waals surface area contributed by atoms with Gasteiger partial charge >= 0.3 is 12.1 Å². The molecule has 0 aromatic carbocycles. The van der Waals surface area contributed by atoms with E-state index in [9.17, 15) is 9.59 Å². The Bertz CT molecular complexity index is 146. The Kier molecular flexibility index (Phi) is 3.18. The monoisotopic (exact) mass is 172 g/mol. The molecule has 4 N–H and O–H groups in total. The van der Waals surface area contributed by atoms with Crippen molar-refractivity contribution in [3.05, 3.63) is 0 Å². The Morgan fingerprint density at radius 2 is 0.917 bits per heavy atom. The second-order valence-corrected chi connectivity index (χ2v) is 2.37. The van der Waals surface area contributed by atoms with Gasteiger partial charge in [-0.05, 0) is 0 Å². The third-order valence-electron chi connectivity index (χ3n) is 1.39. The molecule has 2 aliphatic rings. The third kappa shape index (κ3) is 3.09. The van der Waals surface area contributed by atoms with Crippen LogP contribution in [0, 0.1) is 0 Å². The van der Waals surface area contributed by atoms with Gasteiger partial charge in [-0.15, -0.1) is 0 Å². The van der Waals surface area contributed by atoms with Gasteiger partial charge in [0.05, 0.1) is 0 Å². The molecule has 2 heterocycles. The Morgan fingerprint density at radius 3 is 1.00 bits per heavy atom. The highest BCUT2D eigenvalue weighted by Crippen LogP contribution is 1.70. The zero-order chi connectivity index (χ0) is 8.81. The molecule has 12 heavy (non-hydrogen) atoms. The van der Waals surface area contributed by atoms with Gasteiger partial charge < -0.3 is 21.3 Å². The van der Waals surface area contributed by atoms with Gasteiger partial charge in [0.2, 0.25) is 0 Å². The van der Waals surface area contributed by atoms with E-state index in [4.69, 9.17) is 0 Å². The zero-order valence-electron chi connectivity index (χ0n) is 6.64. The van der Waals surface area contributed by atoms with Gasteiger partial charge in [0.25, 0.3) is 0 Å². The zero-order valence-corrected chi connectivity index (χ0v) is 6.64. The molecule has 2 aliphatic heterocycles. The fourth-order valence-electron chi connectivity index (χ4n) is 0.829.